The molecule has 1 saturated carbocycles. The summed E-state index contributed by atoms with van der Waals surface area (Å²) in [7, 11) is 0. The molecule has 1 atom stereocenters. The molecule has 5 heterocycles. The number of amides is 4. The molecule has 0 spiro atoms. The molecule has 3 saturated heterocycles. The van der Waals surface area contributed by atoms with E-state index < -0.39 is 0 Å². The number of hydrogen-bond acceptors (Lipinski definition) is 10. The molecule has 3 N–H and O–H groups in total. The summed E-state index contributed by atoms with van der Waals surface area (Å²) in [6.07, 6.45) is 10.6. The number of fused-ring (bicyclic) bond motifs is 1. The fourth-order valence-electron chi connectivity index (χ4n) is 9.40. The molecule has 1 unspecified atom stereocenters. The van der Waals surface area contributed by atoms with Crippen molar-refractivity contribution in [2.45, 2.75) is 81.7 Å². The second-order valence-corrected chi connectivity index (χ2v) is 17.1. The van der Waals surface area contributed by atoms with Crippen molar-refractivity contribution in [2.75, 3.05) is 44.6 Å². The Hall–Kier alpha value is -6.15. The van der Waals surface area contributed by atoms with Crippen LogP contribution >= 0.6 is 0 Å². The van der Waals surface area contributed by atoms with Gasteiger partial charge in [0.05, 0.1) is 18.7 Å². The summed E-state index contributed by atoms with van der Waals surface area (Å²) in [5, 5.41) is 9.04. The normalized spacial score (nSPS) is 21.4. The summed E-state index contributed by atoms with van der Waals surface area (Å²) in [5.74, 6) is 1.58. The van der Waals surface area contributed by atoms with Crippen LogP contribution in [-0.2, 0) is 25.6 Å². The van der Waals surface area contributed by atoms with Crippen molar-refractivity contribution < 1.29 is 23.9 Å². The first kappa shape index (κ1) is 40.3. The summed E-state index contributed by atoms with van der Waals surface area (Å²) in [4.78, 5) is 67.5. The third-order valence-electron chi connectivity index (χ3n) is 13.0. The smallest absolute Gasteiger partial charge is 0.260 e. The first-order valence-corrected chi connectivity index (χ1v) is 21.8. The number of likely N-dealkylation sites (tertiary alicyclic amines) is 2. The van der Waals surface area contributed by atoms with Gasteiger partial charge >= 0.3 is 0 Å². The zero-order valence-electron chi connectivity index (χ0n) is 34.4. The van der Waals surface area contributed by atoms with Crippen LogP contribution in [0.2, 0.25) is 0 Å². The number of hydrogen-bond donors (Lipinski definition) is 3. The van der Waals surface area contributed by atoms with Crippen molar-refractivity contribution >= 4 is 46.3 Å². The molecule has 4 aliphatic rings. The summed E-state index contributed by atoms with van der Waals surface area (Å²) in [6.45, 7) is 4.71. The van der Waals surface area contributed by atoms with Gasteiger partial charge in [-0.2, -0.15) is 0 Å². The average molecular weight is 824 g/mol. The van der Waals surface area contributed by atoms with E-state index in [2.05, 4.69) is 59.7 Å². The molecule has 1 aliphatic carbocycles. The lowest BCUT2D eigenvalue weighted by molar-refractivity contribution is -0.135. The average Bonchev–Trinajstić information content (AvgIpc) is 3.70. The zero-order chi connectivity index (χ0) is 41.7. The zero-order valence-corrected chi connectivity index (χ0v) is 34.4. The molecule has 0 radical (unpaired) electrons. The van der Waals surface area contributed by atoms with Gasteiger partial charge in [0.1, 0.15) is 12.1 Å². The maximum absolute atomic E-state index is 13.0. The van der Waals surface area contributed by atoms with Crippen LogP contribution < -0.4 is 20.7 Å². The lowest BCUT2D eigenvalue weighted by Crippen LogP contribution is -2.45. The van der Waals surface area contributed by atoms with Gasteiger partial charge in [-0.05, 0) is 111 Å². The topological polar surface area (TPSA) is 164 Å². The number of rotatable bonds is 13. The fourth-order valence-corrected chi connectivity index (χ4v) is 9.40. The van der Waals surface area contributed by atoms with Gasteiger partial charge in [0.25, 0.3) is 5.91 Å². The van der Waals surface area contributed by atoms with Gasteiger partial charge in [0.2, 0.25) is 17.7 Å². The highest BCUT2D eigenvalue weighted by atomic mass is 16.5. The molecule has 4 amide bonds. The van der Waals surface area contributed by atoms with Gasteiger partial charge in [-0.3, -0.25) is 24.5 Å². The highest BCUT2D eigenvalue weighted by Crippen LogP contribution is 2.36. The van der Waals surface area contributed by atoms with Gasteiger partial charge in [0, 0.05) is 43.8 Å². The number of carbonyl (C=O) groups is 4. The van der Waals surface area contributed by atoms with Crippen LogP contribution in [0.25, 0.3) is 11.2 Å². The Morgan fingerprint density at radius 3 is 2.28 bits per heavy atom. The number of piperidine rings is 3. The first-order valence-electron chi connectivity index (χ1n) is 21.8. The van der Waals surface area contributed by atoms with Crippen molar-refractivity contribution in [3.05, 3.63) is 108 Å². The molecule has 5 aromatic rings. The van der Waals surface area contributed by atoms with Gasteiger partial charge in [-0.15, -0.1) is 0 Å². The predicted octanol–water partition coefficient (Wildman–Crippen LogP) is 5.65. The molecule has 316 valence electrons. The Kier molecular flexibility index (Phi) is 12.0. The number of carbonyl (C=O) groups excluding carboxylic acids is 4. The van der Waals surface area contributed by atoms with E-state index in [0.29, 0.717) is 42.7 Å². The Morgan fingerprint density at radius 1 is 0.803 bits per heavy atom. The quantitative estimate of drug-likeness (QED) is 0.127. The van der Waals surface area contributed by atoms with Crippen LogP contribution in [0.5, 0.6) is 5.75 Å². The summed E-state index contributed by atoms with van der Waals surface area (Å²) < 4.78 is 7.92. The predicted molar refractivity (Wildman–Crippen MR) is 230 cm³/mol. The maximum atomic E-state index is 13.0. The van der Waals surface area contributed by atoms with E-state index in [9.17, 15) is 19.2 Å². The number of imidazole rings is 1. The van der Waals surface area contributed by atoms with Crippen molar-refractivity contribution in [1.29, 1.82) is 0 Å². The summed E-state index contributed by atoms with van der Waals surface area (Å²) in [5.41, 5.74) is 5.69. The number of anilines is 2. The fraction of sp³-hybridized carbons (Fsp3) is 0.426. The number of nitrogens with zero attached hydrogens (tertiary/aromatic N) is 6. The minimum atomic E-state index is -0.340. The lowest BCUT2D eigenvalue weighted by Gasteiger charge is -2.37. The number of imide groups is 1. The highest BCUT2D eigenvalue weighted by molar-refractivity contribution is 6.01. The first-order chi connectivity index (χ1) is 29.8. The molecule has 3 aliphatic heterocycles. The Morgan fingerprint density at radius 2 is 1.54 bits per heavy atom. The second kappa shape index (κ2) is 18.2. The Balaban J connectivity index is 0.684. The van der Waals surface area contributed by atoms with Crippen molar-refractivity contribution in [2.24, 2.45) is 5.92 Å². The van der Waals surface area contributed by atoms with E-state index in [0.717, 1.165) is 99.2 Å². The van der Waals surface area contributed by atoms with Crippen LogP contribution in [0.3, 0.4) is 0 Å². The number of benzene rings is 3. The van der Waals surface area contributed by atoms with Crippen LogP contribution in [0.1, 0.15) is 85.9 Å². The third-order valence-corrected chi connectivity index (χ3v) is 13.0. The molecule has 3 aromatic carbocycles. The van der Waals surface area contributed by atoms with Crippen molar-refractivity contribution in [3.63, 3.8) is 0 Å². The Bertz CT molecular complexity index is 2330. The van der Waals surface area contributed by atoms with Gasteiger partial charge < -0.3 is 29.7 Å². The van der Waals surface area contributed by atoms with E-state index >= 15 is 0 Å². The molecule has 61 heavy (non-hydrogen) atoms. The lowest BCUT2D eigenvalue weighted by atomic mass is 9.86. The Labute approximate surface area is 355 Å². The minimum absolute atomic E-state index is 0.00261. The number of nitrogens with one attached hydrogen (secondary N) is 3. The van der Waals surface area contributed by atoms with Crippen LogP contribution in [0.4, 0.5) is 11.5 Å². The van der Waals surface area contributed by atoms with Crippen molar-refractivity contribution in [3.8, 4) is 5.75 Å². The molecule has 9 rings (SSSR count). The van der Waals surface area contributed by atoms with Gasteiger partial charge in [0.15, 0.2) is 23.6 Å². The molecular weight excluding hydrogens is 771 g/mol. The monoisotopic (exact) mass is 823 g/mol. The number of aromatic nitrogens is 4. The van der Waals surface area contributed by atoms with E-state index in [1.54, 1.807) is 18.5 Å². The molecule has 4 fully saturated rings. The second-order valence-electron chi connectivity index (χ2n) is 17.1. The van der Waals surface area contributed by atoms with E-state index in [-0.39, 0.29) is 48.2 Å². The van der Waals surface area contributed by atoms with Gasteiger partial charge in [-0.1, -0.05) is 54.6 Å². The number of ether oxygens (including phenoxy) is 1. The largest absolute Gasteiger partial charge is 0.484 e. The van der Waals surface area contributed by atoms with Crippen LogP contribution in [0, 0.1) is 5.92 Å². The van der Waals surface area contributed by atoms with Crippen LogP contribution in [-0.4, -0.2) is 98.3 Å². The molecule has 2 aromatic heterocycles. The van der Waals surface area contributed by atoms with Gasteiger partial charge in [-0.25, -0.2) is 15.0 Å². The van der Waals surface area contributed by atoms with E-state index in [1.165, 1.54) is 5.56 Å². The maximum Gasteiger partial charge on any atom is 0.260 e. The van der Waals surface area contributed by atoms with Crippen molar-refractivity contribution in [1.82, 2.24) is 40.0 Å². The van der Waals surface area contributed by atoms with E-state index in [1.807, 2.05) is 53.7 Å². The highest BCUT2D eigenvalue weighted by Gasteiger charge is 2.33. The minimum Gasteiger partial charge on any atom is -0.484 e. The molecular formula is C47H53N9O5. The van der Waals surface area contributed by atoms with Crippen LogP contribution in [0.15, 0.2) is 91.5 Å². The SMILES string of the molecule is O=C1CCC(c2ccc(OCC(=O)N3CCC(CN4CCC(c5ccc(Nc6ncnc7c6ncn7C6CC(NC(=O)Cc7ccccc7)C6)cc5)CC4)CC3)cc2)C(=O)N1. The molecule has 14 nitrogen and oxygen atoms in total. The summed E-state index contributed by atoms with van der Waals surface area (Å²) >= 11 is 0. The third kappa shape index (κ3) is 9.59. The summed E-state index contributed by atoms with van der Waals surface area (Å²) in [6, 6.07) is 26.1. The van der Waals surface area contributed by atoms with E-state index in [4.69, 9.17) is 9.72 Å². The molecule has 14 heteroatoms. The standard InChI is InChI=1S/C47H53N9O5/c57-41-15-14-40(47(60)53-41)35-8-12-39(13-9-35)61-28-43(59)55-22-16-32(17-23-55)27-54-20-18-34(19-21-54)33-6-10-36(11-7-33)52-45-44-46(49-29-48-45)56(30-50-44)38-25-37(26-38)51-42(58)24-31-4-2-1-3-5-31/h1-13,29-30,32,34,37-38,40H,14-28H2,(H,51,58)(H,48,49,52)(H,53,57,60). The molecule has 0 bridgehead atoms.